The minimum atomic E-state index is -0.586. The minimum absolute atomic E-state index is 0.00620. The Morgan fingerprint density at radius 1 is 1.22 bits per heavy atom. The molecule has 0 radical (unpaired) electrons. The molecule has 0 spiro atoms. The van der Waals surface area contributed by atoms with Crippen LogP contribution in [-0.4, -0.2) is 44.0 Å². The first-order chi connectivity index (χ1) is 15.5. The fourth-order valence-electron chi connectivity index (χ4n) is 2.89. The van der Waals surface area contributed by atoms with E-state index >= 15 is 0 Å². The molecular formula is C20H17ClN8O3. The highest BCUT2D eigenvalue weighted by molar-refractivity contribution is 6.30. The van der Waals surface area contributed by atoms with Gasteiger partial charge in [0.2, 0.25) is 11.6 Å². The SMILES string of the molecule is COc1cccc(-c2c(C(=O)NN=C(C)c3ccc(Cl)cc3)nnn2-c2nonc2N)c1. The number of hydrazone groups is 1. The average molecular weight is 453 g/mol. The molecule has 4 rings (SSSR count). The molecule has 0 atom stereocenters. The first-order valence-corrected chi connectivity index (χ1v) is 9.65. The molecule has 0 saturated heterocycles. The number of hydrogen-bond acceptors (Lipinski definition) is 9. The molecule has 0 bridgehead atoms. The van der Waals surface area contributed by atoms with Gasteiger partial charge in [-0.1, -0.05) is 41.1 Å². The van der Waals surface area contributed by atoms with Crippen LogP contribution < -0.4 is 15.9 Å². The molecule has 12 heteroatoms. The third kappa shape index (κ3) is 4.14. The Labute approximate surface area is 186 Å². The van der Waals surface area contributed by atoms with Gasteiger partial charge in [-0.15, -0.1) is 5.10 Å². The number of anilines is 1. The number of methoxy groups -OCH3 is 1. The summed E-state index contributed by atoms with van der Waals surface area (Å²) in [5.74, 6) is 0.0692. The molecule has 4 aromatic rings. The molecule has 0 aliphatic rings. The van der Waals surface area contributed by atoms with E-state index in [1.807, 2.05) is 0 Å². The van der Waals surface area contributed by atoms with Gasteiger partial charge in [0, 0.05) is 10.6 Å². The summed E-state index contributed by atoms with van der Waals surface area (Å²) in [6, 6.07) is 14.1. The van der Waals surface area contributed by atoms with Gasteiger partial charge < -0.3 is 10.5 Å². The van der Waals surface area contributed by atoms with Crippen molar-refractivity contribution in [3.63, 3.8) is 0 Å². The molecule has 0 unspecified atom stereocenters. The summed E-state index contributed by atoms with van der Waals surface area (Å²) in [6.07, 6.45) is 0. The Morgan fingerprint density at radius 3 is 2.69 bits per heavy atom. The Kier molecular flexibility index (Phi) is 5.81. The van der Waals surface area contributed by atoms with Crippen molar-refractivity contribution in [3.05, 3.63) is 64.8 Å². The van der Waals surface area contributed by atoms with Gasteiger partial charge in [-0.2, -0.15) is 9.78 Å². The lowest BCUT2D eigenvalue weighted by molar-refractivity contribution is 0.0950. The number of hydrogen-bond donors (Lipinski definition) is 2. The normalized spacial score (nSPS) is 11.4. The zero-order chi connectivity index (χ0) is 22.7. The Hall–Kier alpha value is -4.25. The van der Waals surface area contributed by atoms with Crippen LogP contribution in [0.3, 0.4) is 0 Å². The summed E-state index contributed by atoms with van der Waals surface area (Å²) in [4.78, 5) is 13.0. The Bertz CT molecular complexity index is 1300. The fraction of sp³-hybridized carbons (Fsp3) is 0.100. The Balaban J connectivity index is 1.72. The zero-order valence-corrected chi connectivity index (χ0v) is 17.7. The maximum Gasteiger partial charge on any atom is 0.294 e. The van der Waals surface area contributed by atoms with E-state index in [2.05, 4.69) is 35.8 Å². The lowest BCUT2D eigenvalue weighted by Gasteiger charge is -2.08. The third-order valence-corrected chi connectivity index (χ3v) is 4.76. The molecule has 0 aliphatic heterocycles. The van der Waals surface area contributed by atoms with E-state index in [-0.39, 0.29) is 17.3 Å². The van der Waals surface area contributed by atoms with E-state index < -0.39 is 5.91 Å². The largest absolute Gasteiger partial charge is 0.497 e. The number of nitrogens with zero attached hydrogens (tertiary/aromatic N) is 6. The van der Waals surface area contributed by atoms with Gasteiger partial charge in [0.25, 0.3) is 5.91 Å². The van der Waals surface area contributed by atoms with Crippen LogP contribution in [0.25, 0.3) is 17.1 Å². The molecule has 0 fully saturated rings. The maximum atomic E-state index is 13.0. The molecule has 32 heavy (non-hydrogen) atoms. The van der Waals surface area contributed by atoms with Crippen LogP contribution in [0.2, 0.25) is 5.02 Å². The van der Waals surface area contributed by atoms with Crippen LogP contribution in [0.5, 0.6) is 5.75 Å². The zero-order valence-electron chi connectivity index (χ0n) is 17.0. The number of rotatable bonds is 6. The number of nitrogens with two attached hydrogens (primary N) is 1. The number of carbonyl (C=O) groups is 1. The second-order valence-corrected chi connectivity index (χ2v) is 6.98. The second kappa shape index (κ2) is 8.86. The number of halogens is 1. The van der Waals surface area contributed by atoms with Crippen molar-refractivity contribution >= 4 is 29.0 Å². The summed E-state index contributed by atoms with van der Waals surface area (Å²) in [5, 5.41) is 20.1. The summed E-state index contributed by atoms with van der Waals surface area (Å²) in [5.41, 5.74) is 10.6. The van der Waals surface area contributed by atoms with Crippen LogP contribution >= 0.6 is 11.6 Å². The lowest BCUT2D eigenvalue weighted by Crippen LogP contribution is -2.21. The topological polar surface area (TPSA) is 146 Å². The van der Waals surface area contributed by atoms with Gasteiger partial charge in [-0.05, 0) is 47.1 Å². The molecule has 2 heterocycles. The quantitative estimate of drug-likeness (QED) is 0.335. The van der Waals surface area contributed by atoms with Gasteiger partial charge in [-0.25, -0.2) is 10.1 Å². The smallest absolute Gasteiger partial charge is 0.294 e. The van der Waals surface area contributed by atoms with Crippen molar-refractivity contribution < 1.29 is 14.2 Å². The molecule has 2 aromatic heterocycles. The van der Waals surface area contributed by atoms with Crippen LogP contribution in [0.1, 0.15) is 23.0 Å². The van der Waals surface area contributed by atoms with Gasteiger partial charge in [-0.3, -0.25) is 4.79 Å². The van der Waals surface area contributed by atoms with Crippen molar-refractivity contribution in [2.45, 2.75) is 6.92 Å². The average Bonchev–Trinajstić information content (AvgIpc) is 3.43. The van der Waals surface area contributed by atoms with Gasteiger partial charge in [0.05, 0.1) is 12.8 Å². The molecule has 1 amide bonds. The molecular weight excluding hydrogens is 436 g/mol. The predicted molar refractivity (Wildman–Crippen MR) is 117 cm³/mol. The van der Waals surface area contributed by atoms with Gasteiger partial charge in [0.15, 0.2) is 5.69 Å². The summed E-state index contributed by atoms with van der Waals surface area (Å²) in [7, 11) is 1.54. The summed E-state index contributed by atoms with van der Waals surface area (Å²) < 4.78 is 11.2. The lowest BCUT2D eigenvalue weighted by atomic mass is 10.1. The van der Waals surface area contributed by atoms with Crippen molar-refractivity contribution in [1.82, 2.24) is 30.7 Å². The van der Waals surface area contributed by atoms with E-state index in [4.69, 9.17) is 22.1 Å². The molecule has 162 valence electrons. The number of benzene rings is 2. The number of nitrogen functional groups attached to an aromatic ring is 1. The van der Waals surface area contributed by atoms with E-state index in [1.54, 1.807) is 55.5 Å². The predicted octanol–water partition coefficient (Wildman–Crippen LogP) is 2.72. The monoisotopic (exact) mass is 452 g/mol. The van der Waals surface area contributed by atoms with Crippen molar-refractivity contribution in [3.8, 4) is 22.8 Å². The standard InChI is InChI=1S/C20H17ClN8O3/c1-11(12-6-8-14(21)9-7-12)23-25-20(30)16-17(13-4-3-5-15(10-13)31-2)29(28-24-16)19-18(22)26-32-27-19/h3-10H,1-2H3,(H2,22,26)(H,25,30). The first kappa shape index (κ1) is 21.0. The molecule has 2 aromatic carbocycles. The van der Waals surface area contributed by atoms with Crippen molar-refractivity contribution in [2.75, 3.05) is 12.8 Å². The summed E-state index contributed by atoms with van der Waals surface area (Å²) >= 11 is 5.92. The number of aromatic nitrogens is 5. The highest BCUT2D eigenvalue weighted by Crippen LogP contribution is 2.29. The highest BCUT2D eigenvalue weighted by atomic mass is 35.5. The van der Waals surface area contributed by atoms with E-state index in [1.165, 1.54) is 11.8 Å². The van der Waals surface area contributed by atoms with E-state index in [0.29, 0.717) is 27.7 Å². The van der Waals surface area contributed by atoms with E-state index in [9.17, 15) is 4.79 Å². The van der Waals surface area contributed by atoms with Crippen LogP contribution in [0.4, 0.5) is 5.82 Å². The van der Waals surface area contributed by atoms with E-state index in [0.717, 1.165) is 5.56 Å². The van der Waals surface area contributed by atoms with Crippen LogP contribution in [-0.2, 0) is 0 Å². The van der Waals surface area contributed by atoms with Gasteiger partial charge in [0.1, 0.15) is 11.4 Å². The van der Waals surface area contributed by atoms with Crippen LogP contribution in [0, 0.1) is 0 Å². The van der Waals surface area contributed by atoms with Crippen molar-refractivity contribution in [1.29, 1.82) is 0 Å². The maximum absolute atomic E-state index is 13.0. The second-order valence-electron chi connectivity index (χ2n) is 6.55. The Morgan fingerprint density at radius 2 is 2.00 bits per heavy atom. The number of nitrogens with one attached hydrogen (secondary N) is 1. The fourth-order valence-corrected chi connectivity index (χ4v) is 3.02. The van der Waals surface area contributed by atoms with Crippen LogP contribution in [0.15, 0.2) is 58.3 Å². The first-order valence-electron chi connectivity index (χ1n) is 9.27. The van der Waals surface area contributed by atoms with Gasteiger partial charge >= 0.3 is 0 Å². The highest BCUT2D eigenvalue weighted by Gasteiger charge is 2.25. The minimum Gasteiger partial charge on any atom is -0.497 e. The molecule has 0 saturated carbocycles. The number of carbonyl (C=O) groups excluding carboxylic acids is 1. The number of ether oxygens (including phenoxy) is 1. The molecule has 0 aliphatic carbocycles. The molecule has 11 nitrogen and oxygen atoms in total. The molecule has 3 N–H and O–H groups in total. The van der Waals surface area contributed by atoms with Crippen molar-refractivity contribution in [2.24, 2.45) is 5.10 Å². The third-order valence-electron chi connectivity index (χ3n) is 4.51. The summed E-state index contributed by atoms with van der Waals surface area (Å²) in [6.45, 7) is 1.76. The number of amides is 1.